The van der Waals surface area contributed by atoms with Crippen LogP contribution in [0.4, 0.5) is 4.79 Å². The normalized spacial score (nSPS) is 17.6. The molecule has 3 heterocycles. The molecule has 2 aliphatic carbocycles. The molecule has 47 heavy (non-hydrogen) atoms. The zero-order valence-corrected chi connectivity index (χ0v) is 28.7. The molecule has 0 spiro atoms. The highest BCUT2D eigenvalue weighted by molar-refractivity contribution is 5.82. The number of amides is 2. The fraction of sp³-hybridized carbons (Fsp3) is 0.553. The molecule has 3 fully saturated rings. The summed E-state index contributed by atoms with van der Waals surface area (Å²) < 4.78 is 8.54. The molecule has 2 amide bonds. The zero-order valence-electron chi connectivity index (χ0n) is 28.7. The van der Waals surface area contributed by atoms with Gasteiger partial charge in [-0.25, -0.2) is 19.5 Å². The largest absolute Gasteiger partial charge is 0.493 e. The maximum Gasteiger partial charge on any atom is 0.428 e. The fourth-order valence-electron chi connectivity index (χ4n) is 7.42. The summed E-state index contributed by atoms with van der Waals surface area (Å²) in [6.45, 7) is 12.9. The number of aromatic hydroxyl groups is 1. The van der Waals surface area contributed by atoms with E-state index in [1.807, 2.05) is 0 Å². The highest BCUT2D eigenvalue weighted by Crippen LogP contribution is 2.43. The third kappa shape index (κ3) is 6.85. The number of aryl methyl sites for hydroxylation is 4. The topological polar surface area (TPSA) is 97.0 Å². The van der Waals surface area contributed by atoms with Crippen molar-refractivity contribution in [2.24, 2.45) is 0 Å². The molecule has 9 heteroatoms. The van der Waals surface area contributed by atoms with Crippen LogP contribution >= 0.6 is 0 Å². The molecule has 1 saturated heterocycles. The Hall–Kier alpha value is -4.01. The third-order valence-electron chi connectivity index (χ3n) is 10.2. The van der Waals surface area contributed by atoms with Crippen LogP contribution in [0.5, 0.6) is 5.88 Å². The molecule has 0 unspecified atom stereocenters. The first-order valence-corrected chi connectivity index (χ1v) is 17.6. The second kappa shape index (κ2) is 13.6. The quantitative estimate of drug-likeness (QED) is 0.312. The number of nitrogens with zero attached hydrogens (tertiary/aromatic N) is 4. The maximum absolute atomic E-state index is 12.9. The van der Waals surface area contributed by atoms with E-state index in [0.29, 0.717) is 50.1 Å². The van der Waals surface area contributed by atoms with Gasteiger partial charge in [0, 0.05) is 26.2 Å². The standard InChI is InChI=1S/C20H28N2O3.C18H22N2O2/c1-4-25-20(24)22-10-6-5-9-21(22)19(23)13-18-14(2)11-17(12-15(18)3)16-7-8-16;1-11-9-14(13-5-6-13)10-12(2)15(11)16-17(21)19-7-3-4-8-20(19)18(16)22/h11-12,16H,4-10,13H2,1-3H3;9-10,13,21H,3-8H2,1-2H3. The molecule has 2 aromatic carbocycles. The monoisotopic (exact) mass is 642 g/mol. The van der Waals surface area contributed by atoms with Gasteiger partial charge in [-0.3, -0.25) is 14.3 Å². The van der Waals surface area contributed by atoms with Gasteiger partial charge < -0.3 is 9.84 Å². The van der Waals surface area contributed by atoms with Crippen LogP contribution < -0.4 is 5.56 Å². The van der Waals surface area contributed by atoms with Gasteiger partial charge in [-0.15, -0.1) is 0 Å². The van der Waals surface area contributed by atoms with Crippen LogP contribution in [0, 0.1) is 27.7 Å². The summed E-state index contributed by atoms with van der Waals surface area (Å²) in [6, 6.07) is 8.85. The highest BCUT2D eigenvalue weighted by Gasteiger charge is 2.31. The molecular formula is C38H50N4O5. The van der Waals surface area contributed by atoms with E-state index < -0.39 is 6.09 Å². The molecule has 1 N–H and O–H groups in total. The first-order chi connectivity index (χ1) is 22.6. The predicted octanol–water partition coefficient (Wildman–Crippen LogP) is 7.03. The summed E-state index contributed by atoms with van der Waals surface area (Å²) in [4.78, 5) is 37.8. The molecule has 252 valence electrons. The first kappa shape index (κ1) is 32.9. The Kier molecular flexibility index (Phi) is 9.53. The lowest BCUT2D eigenvalue weighted by molar-refractivity contribution is -0.148. The Balaban J connectivity index is 0.000000165. The summed E-state index contributed by atoms with van der Waals surface area (Å²) in [5, 5.41) is 13.6. The van der Waals surface area contributed by atoms with Gasteiger partial charge in [-0.2, -0.15) is 0 Å². The summed E-state index contributed by atoms with van der Waals surface area (Å²) in [7, 11) is 0. The minimum Gasteiger partial charge on any atom is -0.493 e. The number of hydrazine groups is 1. The van der Waals surface area contributed by atoms with Crippen molar-refractivity contribution in [2.75, 3.05) is 19.7 Å². The number of carbonyl (C=O) groups excluding carboxylic acids is 2. The predicted molar refractivity (Wildman–Crippen MR) is 183 cm³/mol. The Morgan fingerprint density at radius 2 is 1.21 bits per heavy atom. The highest BCUT2D eigenvalue weighted by atomic mass is 16.6. The molecule has 0 radical (unpaired) electrons. The van der Waals surface area contributed by atoms with E-state index in [2.05, 4.69) is 52.0 Å². The third-order valence-corrected chi connectivity index (χ3v) is 10.2. The van der Waals surface area contributed by atoms with Gasteiger partial charge in [0.1, 0.15) is 5.56 Å². The van der Waals surface area contributed by atoms with Crippen molar-refractivity contribution in [1.29, 1.82) is 0 Å². The molecule has 3 aromatic rings. The van der Waals surface area contributed by atoms with E-state index in [1.54, 1.807) is 21.3 Å². The average molecular weight is 643 g/mol. The lowest BCUT2D eigenvalue weighted by Crippen LogP contribution is -2.53. The van der Waals surface area contributed by atoms with Crippen molar-refractivity contribution < 1.29 is 19.4 Å². The Labute approximate surface area is 278 Å². The number of carbonyl (C=O) groups is 2. The lowest BCUT2D eigenvalue weighted by Gasteiger charge is -2.37. The molecule has 0 bridgehead atoms. The number of rotatable bonds is 6. The summed E-state index contributed by atoms with van der Waals surface area (Å²) in [5.74, 6) is 1.51. The van der Waals surface area contributed by atoms with E-state index in [-0.39, 0.29) is 17.3 Å². The van der Waals surface area contributed by atoms with Crippen LogP contribution in [0.25, 0.3) is 11.1 Å². The molecule has 2 aliphatic heterocycles. The van der Waals surface area contributed by atoms with Gasteiger partial charge in [0.25, 0.3) is 5.56 Å². The number of ether oxygens (including phenoxy) is 1. The smallest absolute Gasteiger partial charge is 0.428 e. The van der Waals surface area contributed by atoms with Crippen molar-refractivity contribution in [3.8, 4) is 17.0 Å². The van der Waals surface area contributed by atoms with Gasteiger partial charge >= 0.3 is 6.09 Å². The molecule has 0 atom stereocenters. The number of hydrogen-bond acceptors (Lipinski definition) is 5. The van der Waals surface area contributed by atoms with Gasteiger partial charge in [0.15, 0.2) is 0 Å². The summed E-state index contributed by atoms with van der Waals surface area (Å²) >= 11 is 0. The first-order valence-electron chi connectivity index (χ1n) is 17.6. The Bertz CT molecular complexity index is 1680. The van der Waals surface area contributed by atoms with Crippen LogP contribution in [0.2, 0.25) is 0 Å². The molecule has 4 aliphatic rings. The number of fused-ring (bicyclic) bond motifs is 1. The molecule has 9 nitrogen and oxygen atoms in total. The molecule has 7 rings (SSSR count). The van der Waals surface area contributed by atoms with Gasteiger partial charge in [0.05, 0.1) is 13.0 Å². The van der Waals surface area contributed by atoms with Crippen molar-refractivity contribution >= 4 is 12.0 Å². The van der Waals surface area contributed by atoms with Gasteiger partial charge in [-0.05, 0) is 142 Å². The SMILES string of the molecule is CCOC(=O)N1CCCCN1C(=O)Cc1c(C)cc(C2CC2)cc1C.Cc1cc(C2CC2)cc(C)c1-c1c(O)n2n(c1=O)CCCC2. The summed E-state index contributed by atoms with van der Waals surface area (Å²) in [5.41, 5.74) is 9.76. The minimum atomic E-state index is -0.423. The maximum atomic E-state index is 12.9. The Morgan fingerprint density at radius 3 is 1.72 bits per heavy atom. The van der Waals surface area contributed by atoms with Crippen LogP contribution in [0.15, 0.2) is 29.1 Å². The summed E-state index contributed by atoms with van der Waals surface area (Å²) in [6.07, 6.45) is 8.84. The lowest BCUT2D eigenvalue weighted by atomic mass is 9.93. The average Bonchev–Trinajstić information content (AvgIpc) is 3.98. The fourth-order valence-corrected chi connectivity index (χ4v) is 7.42. The van der Waals surface area contributed by atoms with Crippen molar-refractivity contribution in [3.05, 3.63) is 73.6 Å². The van der Waals surface area contributed by atoms with Crippen molar-refractivity contribution in [3.63, 3.8) is 0 Å². The van der Waals surface area contributed by atoms with E-state index in [9.17, 15) is 19.5 Å². The number of benzene rings is 2. The second-order valence-electron chi connectivity index (χ2n) is 13.9. The van der Waals surface area contributed by atoms with Crippen LogP contribution in [-0.4, -0.2) is 56.2 Å². The van der Waals surface area contributed by atoms with Crippen LogP contribution in [0.3, 0.4) is 0 Å². The second-order valence-corrected chi connectivity index (χ2v) is 13.9. The van der Waals surface area contributed by atoms with Crippen LogP contribution in [0.1, 0.15) is 109 Å². The van der Waals surface area contributed by atoms with Crippen molar-refractivity contribution in [2.45, 2.75) is 117 Å². The number of hydrogen-bond donors (Lipinski definition) is 1. The van der Waals surface area contributed by atoms with Crippen LogP contribution in [-0.2, 0) is 29.0 Å². The Morgan fingerprint density at radius 1 is 0.723 bits per heavy atom. The molecular weight excluding hydrogens is 592 g/mol. The zero-order chi connectivity index (χ0) is 33.4. The van der Waals surface area contributed by atoms with E-state index in [4.69, 9.17) is 4.74 Å². The van der Waals surface area contributed by atoms with E-state index in [1.165, 1.54) is 52.9 Å². The molecule has 1 aromatic heterocycles. The van der Waals surface area contributed by atoms with E-state index >= 15 is 0 Å². The molecule has 2 saturated carbocycles. The van der Waals surface area contributed by atoms with E-state index in [0.717, 1.165) is 54.5 Å². The minimum absolute atomic E-state index is 0.0295. The number of aromatic nitrogens is 2. The van der Waals surface area contributed by atoms with Gasteiger partial charge in [-0.1, -0.05) is 24.3 Å². The van der Waals surface area contributed by atoms with Gasteiger partial charge in [0.2, 0.25) is 11.8 Å². The van der Waals surface area contributed by atoms with Crippen molar-refractivity contribution in [1.82, 2.24) is 19.4 Å².